The van der Waals surface area contributed by atoms with Crippen molar-refractivity contribution >= 4 is 11.6 Å². The molecule has 0 aliphatic heterocycles. The number of rotatable bonds is 3. The van der Waals surface area contributed by atoms with Crippen molar-refractivity contribution in [2.75, 3.05) is 7.11 Å². The van der Waals surface area contributed by atoms with Gasteiger partial charge in [-0.1, -0.05) is 6.92 Å². The minimum atomic E-state index is 0.406. The molecule has 0 bridgehead atoms. The van der Waals surface area contributed by atoms with Gasteiger partial charge in [0.15, 0.2) is 5.28 Å². The maximum absolute atomic E-state index is 5.75. The lowest BCUT2D eigenvalue weighted by Gasteiger charge is -2.08. The van der Waals surface area contributed by atoms with Crippen LogP contribution in [-0.2, 0) is 6.42 Å². The molecule has 0 fully saturated rings. The molecule has 16 heavy (non-hydrogen) atoms. The van der Waals surface area contributed by atoms with Gasteiger partial charge in [0.1, 0.15) is 5.75 Å². The molecule has 1 heterocycles. The molecule has 3 nitrogen and oxygen atoms in total. The van der Waals surface area contributed by atoms with E-state index in [1.807, 2.05) is 12.1 Å². The lowest BCUT2D eigenvalue weighted by atomic mass is 10.1. The predicted molar refractivity (Wildman–Crippen MR) is 65.0 cm³/mol. The number of methoxy groups -OCH3 is 1. The normalized spacial score (nSPS) is 10.4. The number of hydrogen-bond donors (Lipinski definition) is 1. The zero-order chi connectivity index (χ0) is 11.5. The molecule has 4 heteroatoms. The number of imidazole rings is 1. The molecule has 2 rings (SSSR count). The molecule has 0 aliphatic rings. The molecule has 0 radical (unpaired) electrons. The molecular formula is C12H13ClN2O. The highest BCUT2D eigenvalue weighted by molar-refractivity contribution is 6.28. The van der Waals surface area contributed by atoms with E-state index in [1.54, 1.807) is 13.3 Å². The zero-order valence-corrected chi connectivity index (χ0v) is 10.0. The summed E-state index contributed by atoms with van der Waals surface area (Å²) in [5, 5.41) is 0.406. The molecule has 84 valence electrons. The predicted octanol–water partition coefficient (Wildman–Crippen LogP) is 3.30. The smallest absolute Gasteiger partial charge is 0.200 e. The minimum Gasteiger partial charge on any atom is -0.496 e. The van der Waals surface area contributed by atoms with E-state index in [-0.39, 0.29) is 0 Å². The van der Waals surface area contributed by atoms with Crippen LogP contribution in [-0.4, -0.2) is 17.1 Å². The number of nitrogens with one attached hydrogen (secondary N) is 1. The highest BCUT2D eigenvalue weighted by atomic mass is 35.5. The van der Waals surface area contributed by atoms with Crippen molar-refractivity contribution in [1.29, 1.82) is 0 Å². The lowest BCUT2D eigenvalue weighted by Crippen LogP contribution is -1.91. The number of hydrogen-bond acceptors (Lipinski definition) is 2. The topological polar surface area (TPSA) is 37.9 Å². The van der Waals surface area contributed by atoms with E-state index in [2.05, 4.69) is 23.0 Å². The number of aromatic amines is 1. The van der Waals surface area contributed by atoms with Gasteiger partial charge in [-0.25, -0.2) is 4.98 Å². The number of benzene rings is 1. The van der Waals surface area contributed by atoms with Crippen molar-refractivity contribution in [3.8, 4) is 17.0 Å². The summed E-state index contributed by atoms with van der Waals surface area (Å²) in [4.78, 5) is 6.96. The van der Waals surface area contributed by atoms with Crippen LogP contribution in [0.2, 0.25) is 5.28 Å². The van der Waals surface area contributed by atoms with Gasteiger partial charge in [-0.2, -0.15) is 0 Å². The van der Waals surface area contributed by atoms with Gasteiger partial charge < -0.3 is 9.72 Å². The number of ether oxygens (including phenoxy) is 1. The van der Waals surface area contributed by atoms with Gasteiger partial charge in [-0.15, -0.1) is 0 Å². The summed E-state index contributed by atoms with van der Waals surface area (Å²) in [5.74, 6) is 0.914. The Bertz CT molecular complexity index is 494. The van der Waals surface area contributed by atoms with Crippen molar-refractivity contribution in [3.63, 3.8) is 0 Å². The van der Waals surface area contributed by atoms with E-state index in [0.29, 0.717) is 5.28 Å². The molecule has 0 amide bonds. The summed E-state index contributed by atoms with van der Waals surface area (Å²) in [6, 6.07) is 6.04. The third-order valence-corrected chi connectivity index (χ3v) is 2.71. The fraction of sp³-hybridized carbons (Fsp3) is 0.250. The van der Waals surface area contributed by atoms with E-state index in [4.69, 9.17) is 16.3 Å². The van der Waals surface area contributed by atoms with Gasteiger partial charge in [0, 0.05) is 5.56 Å². The van der Waals surface area contributed by atoms with Crippen molar-refractivity contribution in [2.45, 2.75) is 13.3 Å². The molecule has 0 saturated carbocycles. The standard InChI is InChI=1S/C12H13ClN2O/c1-3-8-6-9(4-5-11(8)16-2)10-7-14-12(13)15-10/h4-7H,3H2,1-2H3,(H,14,15). The van der Waals surface area contributed by atoms with Crippen molar-refractivity contribution in [1.82, 2.24) is 9.97 Å². The lowest BCUT2D eigenvalue weighted by molar-refractivity contribution is 0.410. The zero-order valence-electron chi connectivity index (χ0n) is 9.25. The molecule has 2 aromatic rings. The second-order valence-corrected chi connectivity index (χ2v) is 3.83. The Morgan fingerprint density at radius 2 is 2.25 bits per heavy atom. The number of nitrogens with zero attached hydrogens (tertiary/aromatic N) is 1. The summed E-state index contributed by atoms with van der Waals surface area (Å²) in [6.07, 6.45) is 2.66. The van der Waals surface area contributed by atoms with Gasteiger partial charge >= 0.3 is 0 Å². The molecule has 0 aliphatic carbocycles. The van der Waals surface area contributed by atoms with Crippen LogP contribution in [0.15, 0.2) is 24.4 Å². The minimum absolute atomic E-state index is 0.406. The van der Waals surface area contributed by atoms with Gasteiger partial charge in [0.2, 0.25) is 0 Å². The first-order valence-corrected chi connectivity index (χ1v) is 5.50. The van der Waals surface area contributed by atoms with Crippen LogP contribution >= 0.6 is 11.6 Å². The Morgan fingerprint density at radius 3 is 2.81 bits per heavy atom. The third kappa shape index (κ3) is 2.04. The van der Waals surface area contributed by atoms with E-state index in [9.17, 15) is 0 Å². The Balaban J connectivity index is 2.43. The Hall–Kier alpha value is -1.48. The van der Waals surface area contributed by atoms with E-state index in [0.717, 1.165) is 23.4 Å². The maximum atomic E-state index is 5.75. The van der Waals surface area contributed by atoms with Crippen LogP contribution in [0.25, 0.3) is 11.3 Å². The molecule has 1 aromatic carbocycles. The fourth-order valence-corrected chi connectivity index (χ4v) is 1.82. The van der Waals surface area contributed by atoms with Crippen LogP contribution in [0, 0.1) is 0 Å². The molecule has 1 aromatic heterocycles. The van der Waals surface area contributed by atoms with Crippen LogP contribution in [0.5, 0.6) is 5.75 Å². The number of aryl methyl sites for hydroxylation is 1. The molecule has 0 spiro atoms. The average molecular weight is 237 g/mol. The number of aromatic nitrogens is 2. The van der Waals surface area contributed by atoms with Crippen molar-refractivity contribution < 1.29 is 4.74 Å². The first-order valence-electron chi connectivity index (χ1n) is 5.12. The fourth-order valence-electron chi connectivity index (χ4n) is 1.67. The Labute approximate surface area is 99.4 Å². The van der Waals surface area contributed by atoms with Crippen molar-refractivity contribution in [3.05, 3.63) is 35.2 Å². The SMILES string of the molecule is CCc1cc(-c2cnc(Cl)[nH]2)ccc1OC. The second kappa shape index (κ2) is 4.58. The average Bonchev–Trinajstić information content (AvgIpc) is 2.75. The van der Waals surface area contributed by atoms with E-state index >= 15 is 0 Å². The van der Waals surface area contributed by atoms with Crippen LogP contribution < -0.4 is 4.74 Å². The summed E-state index contributed by atoms with van der Waals surface area (Å²) < 4.78 is 5.28. The highest BCUT2D eigenvalue weighted by Gasteiger charge is 2.06. The quantitative estimate of drug-likeness (QED) is 0.888. The molecule has 0 atom stereocenters. The summed E-state index contributed by atoms with van der Waals surface area (Å²) in [7, 11) is 1.68. The van der Waals surface area contributed by atoms with Gasteiger partial charge in [0.05, 0.1) is 19.0 Å². The largest absolute Gasteiger partial charge is 0.496 e. The van der Waals surface area contributed by atoms with Crippen LogP contribution in [0.1, 0.15) is 12.5 Å². The van der Waals surface area contributed by atoms with Crippen LogP contribution in [0.4, 0.5) is 0 Å². The van der Waals surface area contributed by atoms with Gasteiger partial charge in [-0.3, -0.25) is 0 Å². The summed E-state index contributed by atoms with van der Waals surface area (Å²) >= 11 is 5.75. The first kappa shape index (κ1) is 11.0. The highest BCUT2D eigenvalue weighted by Crippen LogP contribution is 2.26. The summed E-state index contributed by atoms with van der Waals surface area (Å²) in [6.45, 7) is 2.10. The maximum Gasteiger partial charge on any atom is 0.200 e. The number of halogens is 1. The first-order chi connectivity index (χ1) is 7.74. The van der Waals surface area contributed by atoms with E-state index in [1.165, 1.54) is 5.56 Å². The second-order valence-electron chi connectivity index (χ2n) is 3.47. The van der Waals surface area contributed by atoms with Crippen LogP contribution in [0.3, 0.4) is 0 Å². The van der Waals surface area contributed by atoms with Gasteiger partial charge in [0.25, 0.3) is 0 Å². The van der Waals surface area contributed by atoms with E-state index < -0.39 is 0 Å². The third-order valence-electron chi connectivity index (χ3n) is 2.52. The Kier molecular flexibility index (Phi) is 3.15. The van der Waals surface area contributed by atoms with Crippen molar-refractivity contribution in [2.24, 2.45) is 0 Å². The molecule has 0 saturated heterocycles. The van der Waals surface area contributed by atoms with Gasteiger partial charge in [-0.05, 0) is 41.8 Å². The molecular weight excluding hydrogens is 224 g/mol. The Morgan fingerprint density at radius 1 is 1.44 bits per heavy atom. The molecule has 1 N–H and O–H groups in total. The number of H-pyrrole nitrogens is 1. The monoisotopic (exact) mass is 236 g/mol. The summed E-state index contributed by atoms with van der Waals surface area (Å²) in [5.41, 5.74) is 3.16. The molecule has 0 unspecified atom stereocenters.